The van der Waals surface area contributed by atoms with Crippen LogP contribution in [0.1, 0.15) is 15.9 Å². The topological polar surface area (TPSA) is 54.1 Å². The average Bonchev–Trinajstić information content (AvgIpc) is 3.11. The largest absolute Gasteiger partial charge is 0.489 e. The van der Waals surface area contributed by atoms with Crippen LogP contribution in [0.3, 0.4) is 0 Å². The third-order valence-electron chi connectivity index (χ3n) is 4.25. The molecule has 0 aliphatic heterocycles. The van der Waals surface area contributed by atoms with Gasteiger partial charge in [0.25, 0.3) is 5.91 Å². The van der Waals surface area contributed by atoms with Crippen molar-refractivity contribution in [2.45, 2.75) is 6.61 Å². The first-order chi connectivity index (χ1) is 13.2. The molecule has 0 aliphatic rings. The number of H-pyrrole nitrogens is 1. The Hall–Kier alpha value is -3.60. The van der Waals surface area contributed by atoms with E-state index in [0.29, 0.717) is 28.8 Å². The number of nitrogens with one attached hydrogen (secondary N) is 2. The molecule has 1 aromatic heterocycles. The maximum absolute atomic E-state index is 13.3. The van der Waals surface area contributed by atoms with E-state index in [1.165, 1.54) is 12.1 Å². The van der Waals surface area contributed by atoms with Crippen molar-refractivity contribution in [1.82, 2.24) is 4.98 Å². The zero-order chi connectivity index (χ0) is 18.6. The summed E-state index contributed by atoms with van der Waals surface area (Å²) in [6.07, 6.45) is 1.58. The Morgan fingerprint density at radius 1 is 1.00 bits per heavy atom. The molecule has 0 fully saturated rings. The molecule has 0 spiro atoms. The molecule has 4 aromatic rings. The van der Waals surface area contributed by atoms with Crippen LogP contribution in [0.25, 0.3) is 10.9 Å². The van der Waals surface area contributed by atoms with Crippen molar-refractivity contribution in [2.24, 2.45) is 0 Å². The lowest BCUT2D eigenvalue weighted by molar-refractivity contribution is 0.102. The first kappa shape index (κ1) is 16.8. The molecule has 1 heterocycles. The number of fused-ring (bicyclic) bond motifs is 1. The Morgan fingerprint density at radius 3 is 2.56 bits per heavy atom. The minimum atomic E-state index is -0.345. The quantitative estimate of drug-likeness (QED) is 0.518. The van der Waals surface area contributed by atoms with E-state index < -0.39 is 0 Å². The summed E-state index contributed by atoms with van der Waals surface area (Å²) in [7, 11) is 0. The number of anilines is 1. The van der Waals surface area contributed by atoms with Crippen LogP contribution in [0, 0.1) is 5.82 Å². The monoisotopic (exact) mass is 360 g/mol. The van der Waals surface area contributed by atoms with E-state index in [2.05, 4.69) is 10.3 Å². The summed E-state index contributed by atoms with van der Waals surface area (Å²) in [5.41, 5.74) is 2.80. The standard InChI is InChI=1S/C22H17FN2O2/c23-16-6-11-19-20(13-24-21(19)12-16)22(26)25-17-7-9-18(10-8-17)27-14-15-4-2-1-3-5-15/h1-13,24H,14H2,(H,25,26). The molecule has 0 unspecified atom stereocenters. The molecule has 4 nitrogen and oxygen atoms in total. The van der Waals surface area contributed by atoms with Crippen LogP contribution in [0.2, 0.25) is 0 Å². The molecule has 27 heavy (non-hydrogen) atoms. The number of rotatable bonds is 5. The van der Waals surface area contributed by atoms with Gasteiger partial charge in [0.15, 0.2) is 0 Å². The van der Waals surface area contributed by atoms with Gasteiger partial charge in [-0.15, -0.1) is 0 Å². The first-order valence-electron chi connectivity index (χ1n) is 8.54. The molecule has 1 amide bonds. The molecular formula is C22H17FN2O2. The smallest absolute Gasteiger partial charge is 0.257 e. The number of carbonyl (C=O) groups is 1. The number of halogens is 1. The molecule has 0 saturated carbocycles. The molecule has 0 atom stereocenters. The zero-order valence-electron chi connectivity index (χ0n) is 14.4. The van der Waals surface area contributed by atoms with Crippen molar-refractivity contribution in [3.63, 3.8) is 0 Å². The van der Waals surface area contributed by atoms with Crippen LogP contribution in [-0.4, -0.2) is 10.9 Å². The molecule has 0 bridgehead atoms. The van der Waals surface area contributed by atoms with Crippen molar-refractivity contribution in [3.05, 3.63) is 95.9 Å². The average molecular weight is 360 g/mol. The highest BCUT2D eigenvalue weighted by Gasteiger charge is 2.12. The van der Waals surface area contributed by atoms with Gasteiger partial charge in [0.05, 0.1) is 5.56 Å². The van der Waals surface area contributed by atoms with Crippen LogP contribution in [0.4, 0.5) is 10.1 Å². The fourth-order valence-corrected chi connectivity index (χ4v) is 2.86. The van der Waals surface area contributed by atoms with Crippen molar-refractivity contribution in [3.8, 4) is 5.75 Å². The highest BCUT2D eigenvalue weighted by Crippen LogP contribution is 2.22. The summed E-state index contributed by atoms with van der Waals surface area (Å²) < 4.78 is 19.0. The molecule has 2 N–H and O–H groups in total. The van der Waals surface area contributed by atoms with Gasteiger partial charge in [-0.2, -0.15) is 0 Å². The maximum Gasteiger partial charge on any atom is 0.257 e. The Bertz CT molecular complexity index is 1070. The van der Waals surface area contributed by atoms with Gasteiger partial charge >= 0.3 is 0 Å². The first-order valence-corrected chi connectivity index (χ1v) is 8.54. The number of carbonyl (C=O) groups excluding carboxylic acids is 1. The normalized spacial score (nSPS) is 10.7. The Morgan fingerprint density at radius 2 is 1.78 bits per heavy atom. The zero-order valence-corrected chi connectivity index (χ0v) is 14.4. The van der Waals surface area contributed by atoms with Crippen molar-refractivity contribution in [2.75, 3.05) is 5.32 Å². The summed E-state index contributed by atoms with van der Waals surface area (Å²) in [6, 6.07) is 21.4. The molecule has 0 saturated heterocycles. The predicted molar refractivity (Wildman–Crippen MR) is 103 cm³/mol. The van der Waals surface area contributed by atoms with Crippen molar-refractivity contribution in [1.29, 1.82) is 0 Å². The molecule has 0 aliphatic carbocycles. The predicted octanol–water partition coefficient (Wildman–Crippen LogP) is 5.14. The second-order valence-electron chi connectivity index (χ2n) is 6.15. The number of hydrogen-bond acceptors (Lipinski definition) is 2. The SMILES string of the molecule is O=C(Nc1ccc(OCc2ccccc2)cc1)c1c[nH]c2cc(F)ccc12. The lowest BCUT2D eigenvalue weighted by Gasteiger charge is -2.08. The van der Waals surface area contributed by atoms with Gasteiger partial charge in [0.2, 0.25) is 0 Å². The molecule has 0 radical (unpaired) electrons. The summed E-state index contributed by atoms with van der Waals surface area (Å²) in [6.45, 7) is 0.485. The van der Waals surface area contributed by atoms with Crippen LogP contribution in [-0.2, 0) is 6.61 Å². The second-order valence-corrected chi connectivity index (χ2v) is 6.15. The maximum atomic E-state index is 13.3. The van der Waals surface area contributed by atoms with Gasteiger partial charge in [-0.05, 0) is 48.0 Å². The molecular weight excluding hydrogens is 343 g/mol. The van der Waals surface area contributed by atoms with Crippen LogP contribution in [0.15, 0.2) is 79.0 Å². The van der Waals surface area contributed by atoms with E-state index in [0.717, 1.165) is 11.3 Å². The highest BCUT2D eigenvalue weighted by atomic mass is 19.1. The lowest BCUT2D eigenvalue weighted by atomic mass is 10.1. The molecule has 134 valence electrons. The summed E-state index contributed by atoms with van der Waals surface area (Å²) in [5.74, 6) is 0.118. The van der Waals surface area contributed by atoms with Gasteiger partial charge in [0, 0.05) is 22.8 Å². The number of amides is 1. The van der Waals surface area contributed by atoms with Crippen LogP contribution in [0.5, 0.6) is 5.75 Å². The number of hydrogen-bond donors (Lipinski definition) is 2. The molecule has 4 rings (SSSR count). The third-order valence-corrected chi connectivity index (χ3v) is 4.25. The van der Waals surface area contributed by atoms with Crippen molar-refractivity contribution >= 4 is 22.5 Å². The number of aromatic amines is 1. The van der Waals surface area contributed by atoms with E-state index in [1.54, 1.807) is 24.4 Å². The minimum absolute atomic E-state index is 0.259. The Labute approximate surface area is 155 Å². The van der Waals surface area contributed by atoms with Gasteiger partial charge in [-0.25, -0.2) is 4.39 Å². The third kappa shape index (κ3) is 3.82. The summed E-state index contributed by atoms with van der Waals surface area (Å²) in [4.78, 5) is 15.4. The fourth-order valence-electron chi connectivity index (χ4n) is 2.86. The van der Waals surface area contributed by atoms with E-state index >= 15 is 0 Å². The van der Waals surface area contributed by atoms with Gasteiger partial charge in [-0.3, -0.25) is 4.79 Å². The van der Waals surface area contributed by atoms with Crippen molar-refractivity contribution < 1.29 is 13.9 Å². The second kappa shape index (κ2) is 7.33. The van der Waals surface area contributed by atoms with Gasteiger partial charge < -0.3 is 15.0 Å². The Balaban J connectivity index is 1.42. The fraction of sp³-hybridized carbons (Fsp3) is 0.0455. The van der Waals surface area contributed by atoms with E-state index in [4.69, 9.17) is 4.74 Å². The summed E-state index contributed by atoms with van der Waals surface area (Å²) >= 11 is 0. The van der Waals surface area contributed by atoms with Gasteiger partial charge in [-0.1, -0.05) is 30.3 Å². The summed E-state index contributed by atoms with van der Waals surface area (Å²) in [5, 5.41) is 3.52. The van der Waals surface area contributed by atoms with E-state index in [9.17, 15) is 9.18 Å². The van der Waals surface area contributed by atoms with Crippen LogP contribution >= 0.6 is 0 Å². The number of aromatic nitrogens is 1. The van der Waals surface area contributed by atoms with E-state index in [-0.39, 0.29) is 11.7 Å². The molecule has 3 aromatic carbocycles. The molecule has 5 heteroatoms. The Kier molecular flexibility index (Phi) is 4.58. The lowest BCUT2D eigenvalue weighted by Crippen LogP contribution is -2.11. The van der Waals surface area contributed by atoms with Crippen LogP contribution < -0.4 is 10.1 Å². The number of benzene rings is 3. The van der Waals surface area contributed by atoms with E-state index in [1.807, 2.05) is 42.5 Å². The number of ether oxygens (including phenoxy) is 1. The van der Waals surface area contributed by atoms with Gasteiger partial charge in [0.1, 0.15) is 18.2 Å². The highest BCUT2D eigenvalue weighted by molar-refractivity contribution is 6.12. The minimum Gasteiger partial charge on any atom is -0.489 e.